The fraction of sp³-hybridized carbons (Fsp3) is 0.500. The molecule has 0 spiro atoms. The van der Waals surface area contributed by atoms with Crippen molar-refractivity contribution >= 4 is 11.7 Å². The van der Waals surface area contributed by atoms with Crippen LogP contribution in [0.25, 0.3) is 11.3 Å². The molecule has 0 aliphatic heterocycles. The van der Waals surface area contributed by atoms with E-state index in [1.807, 2.05) is 38.1 Å². The Bertz CT molecular complexity index is 768. The summed E-state index contributed by atoms with van der Waals surface area (Å²) >= 11 is 0. The summed E-state index contributed by atoms with van der Waals surface area (Å²) in [5.41, 5.74) is 3.56. The number of carbonyl (C=O) groups excluding carboxylic acids is 1. The fourth-order valence-electron chi connectivity index (χ4n) is 3.51. The molecule has 1 unspecified atom stereocenters. The zero-order chi connectivity index (χ0) is 19.2. The van der Waals surface area contributed by atoms with Gasteiger partial charge in [-0.2, -0.15) is 0 Å². The normalized spacial score (nSPS) is 16.1. The highest BCUT2D eigenvalue weighted by molar-refractivity contribution is 5.92. The molecule has 1 aliphatic carbocycles. The molecule has 1 amide bonds. The van der Waals surface area contributed by atoms with E-state index in [9.17, 15) is 9.90 Å². The van der Waals surface area contributed by atoms with Crippen molar-refractivity contribution in [3.8, 4) is 11.3 Å². The zero-order valence-corrected chi connectivity index (χ0v) is 16.2. The van der Waals surface area contributed by atoms with Crippen LogP contribution in [-0.4, -0.2) is 21.0 Å². The SMILES string of the molecule is CCC(C)C(=O)Nc1ncc(-c2ccc(CO)cc2)nc1C1CCCCC1. The van der Waals surface area contributed by atoms with Gasteiger partial charge in [-0.1, -0.05) is 57.4 Å². The van der Waals surface area contributed by atoms with Crippen LogP contribution < -0.4 is 5.32 Å². The van der Waals surface area contributed by atoms with Gasteiger partial charge in [0.2, 0.25) is 5.91 Å². The Hall–Kier alpha value is -2.27. The summed E-state index contributed by atoms with van der Waals surface area (Å²) in [4.78, 5) is 21.9. The smallest absolute Gasteiger partial charge is 0.228 e. The van der Waals surface area contributed by atoms with Crippen LogP contribution >= 0.6 is 0 Å². The van der Waals surface area contributed by atoms with Crippen molar-refractivity contribution in [3.05, 3.63) is 41.7 Å². The van der Waals surface area contributed by atoms with E-state index in [0.29, 0.717) is 11.7 Å². The average Bonchev–Trinajstić information content (AvgIpc) is 2.74. The molecule has 0 bridgehead atoms. The molecule has 27 heavy (non-hydrogen) atoms. The molecule has 1 aliphatic rings. The first-order valence-corrected chi connectivity index (χ1v) is 10.00. The molecule has 5 nitrogen and oxygen atoms in total. The number of aliphatic hydroxyl groups is 1. The summed E-state index contributed by atoms with van der Waals surface area (Å²) in [5.74, 6) is 0.915. The molecule has 2 aromatic rings. The standard InChI is InChI=1S/C22H29N3O2/c1-3-15(2)22(27)25-21-20(18-7-5-4-6-8-18)24-19(13-23-21)17-11-9-16(14-26)10-12-17/h9-13,15,18,26H,3-8,14H2,1-2H3,(H,23,25,27). The van der Waals surface area contributed by atoms with Crippen LogP contribution in [0, 0.1) is 5.92 Å². The number of anilines is 1. The number of aromatic nitrogens is 2. The van der Waals surface area contributed by atoms with E-state index in [4.69, 9.17) is 4.98 Å². The summed E-state index contributed by atoms with van der Waals surface area (Å²) in [5, 5.41) is 12.2. The first-order chi connectivity index (χ1) is 13.1. The number of nitrogens with zero attached hydrogens (tertiary/aromatic N) is 2. The van der Waals surface area contributed by atoms with Crippen molar-refractivity contribution in [1.82, 2.24) is 9.97 Å². The lowest BCUT2D eigenvalue weighted by Crippen LogP contribution is -2.22. The van der Waals surface area contributed by atoms with Crippen LogP contribution in [-0.2, 0) is 11.4 Å². The second kappa shape index (κ2) is 9.09. The fourth-order valence-corrected chi connectivity index (χ4v) is 3.51. The van der Waals surface area contributed by atoms with E-state index in [0.717, 1.165) is 41.8 Å². The van der Waals surface area contributed by atoms with Crippen LogP contribution in [0.3, 0.4) is 0 Å². The van der Waals surface area contributed by atoms with Gasteiger partial charge >= 0.3 is 0 Å². The van der Waals surface area contributed by atoms with Gasteiger partial charge in [-0.15, -0.1) is 0 Å². The molecule has 1 fully saturated rings. The molecule has 0 saturated heterocycles. The number of aliphatic hydroxyl groups excluding tert-OH is 1. The van der Waals surface area contributed by atoms with Gasteiger partial charge in [0, 0.05) is 17.4 Å². The Balaban J connectivity index is 1.93. The molecule has 0 radical (unpaired) electrons. The van der Waals surface area contributed by atoms with Crippen LogP contribution in [0.4, 0.5) is 5.82 Å². The van der Waals surface area contributed by atoms with E-state index in [1.165, 1.54) is 19.3 Å². The van der Waals surface area contributed by atoms with E-state index in [1.54, 1.807) is 6.20 Å². The Morgan fingerprint density at radius 3 is 2.56 bits per heavy atom. The molecule has 144 valence electrons. The molecule has 1 saturated carbocycles. The third kappa shape index (κ3) is 4.72. The minimum absolute atomic E-state index is 0.00362. The van der Waals surface area contributed by atoms with Gasteiger partial charge in [0.15, 0.2) is 5.82 Å². The van der Waals surface area contributed by atoms with Gasteiger partial charge in [0.25, 0.3) is 0 Å². The maximum absolute atomic E-state index is 12.4. The van der Waals surface area contributed by atoms with Gasteiger partial charge in [0.1, 0.15) is 0 Å². The molecule has 3 rings (SSSR count). The lowest BCUT2D eigenvalue weighted by molar-refractivity contribution is -0.119. The van der Waals surface area contributed by atoms with Crippen molar-refractivity contribution in [2.75, 3.05) is 5.32 Å². The minimum Gasteiger partial charge on any atom is -0.392 e. The quantitative estimate of drug-likeness (QED) is 0.778. The lowest BCUT2D eigenvalue weighted by atomic mass is 9.86. The Labute approximate surface area is 161 Å². The van der Waals surface area contributed by atoms with Gasteiger partial charge in [0.05, 0.1) is 24.2 Å². The first-order valence-electron chi connectivity index (χ1n) is 10.00. The molecule has 1 atom stereocenters. The van der Waals surface area contributed by atoms with Gasteiger partial charge in [-0.05, 0) is 24.8 Å². The summed E-state index contributed by atoms with van der Waals surface area (Å²) in [7, 11) is 0. The topological polar surface area (TPSA) is 75.1 Å². The predicted molar refractivity (Wildman–Crippen MR) is 107 cm³/mol. The predicted octanol–water partition coefficient (Wildman–Crippen LogP) is 4.67. The van der Waals surface area contributed by atoms with Gasteiger partial charge in [-0.25, -0.2) is 9.97 Å². The highest BCUT2D eigenvalue weighted by Gasteiger charge is 2.23. The summed E-state index contributed by atoms with van der Waals surface area (Å²) in [6.07, 6.45) is 8.36. The number of rotatable bonds is 6. The van der Waals surface area contributed by atoms with Crippen molar-refractivity contribution in [1.29, 1.82) is 0 Å². The number of benzene rings is 1. The number of hydrogen-bond donors (Lipinski definition) is 2. The van der Waals surface area contributed by atoms with Gasteiger partial charge in [-0.3, -0.25) is 4.79 Å². The highest BCUT2D eigenvalue weighted by Crippen LogP contribution is 2.35. The molecular formula is C22H29N3O2. The number of nitrogens with one attached hydrogen (secondary N) is 1. The Morgan fingerprint density at radius 2 is 1.93 bits per heavy atom. The summed E-state index contributed by atoms with van der Waals surface area (Å²) in [6.45, 7) is 3.97. The van der Waals surface area contributed by atoms with E-state index >= 15 is 0 Å². The summed E-state index contributed by atoms with van der Waals surface area (Å²) < 4.78 is 0. The zero-order valence-electron chi connectivity index (χ0n) is 16.2. The Kier molecular flexibility index (Phi) is 6.56. The van der Waals surface area contributed by atoms with Crippen LogP contribution in [0.2, 0.25) is 0 Å². The molecule has 1 heterocycles. The highest BCUT2D eigenvalue weighted by atomic mass is 16.3. The monoisotopic (exact) mass is 367 g/mol. The van der Waals surface area contributed by atoms with Crippen LogP contribution in [0.5, 0.6) is 0 Å². The van der Waals surface area contributed by atoms with Crippen molar-refractivity contribution in [2.24, 2.45) is 5.92 Å². The maximum atomic E-state index is 12.4. The molecule has 2 N–H and O–H groups in total. The molecule has 1 aromatic heterocycles. The number of carbonyl (C=O) groups is 1. The first kappa shape index (κ1) is 19.5. The van der Waals surface area contributed by atoms with Crippen LogP contribution in [0.1, 0.15) is 69.5 Å². The lowest BCUT2D eigenvalue weighted by Gasteiger charge is -2.24. The van der Waals surface area contributed by atoms with Gasteiger partial charge < -0.3 is 10.4 Å². The number of hydrogen-bond acceptors (Lipinski definition) is 4. The number of amides is 1. The van der Waals surface area contributed by atoms with E-state index in [-0.39, 0.29) is 18.4 Å². The second-order valence-electron chi connectivity index (χ2n) is 7.48. The largest absolute Gasteiger partial charge is 0.392 e. The second-order valence-corrected chi connectivity index (χ2v) is 7.48. The summed E-state index contributed by atoms with van der Waals surface area (Å²) in [6, 6.07) is 7.71. The van der Waals surface area contributed by atoms with Crippen molar-refractivity contribution in [2.45, 2.75) is 64.9 Å². The van der Waals surface area contributed by atoms with E-state index in [2.05, 4.69) is 10.3 Å². The third-order valence-corrected chi connectivity index (χ3v) is 5.53. The Morgan fingerprint density at radius 1 is 1.22 bits per heavy atom. The van der Waals surface area contributed by atoms with Crippen molar-refractivity contribution < 1.29 is 9.90 Å². The average molecular weight is 367 g/mol. The van der Waals surface area contributed by atoms with E-state index < -0.39 is 0 Å². The minimum atomic E-state index is -0.0447. The molecule has 1 aromatic carbocycles. The molecule has 5 heteroatoms. The van der Waals surface area contributed by atoms with Crippen LogP contribution in [0.15, 0.2) is 30.5 Å². The molecular weight excluding hydrogens is 338 g/mol. The maximum Gasteiger partial charge on any atom is 0.228 e. The third-order valence-electron chi connectivity index (χ3n) is 5.53. The van der Waals surface area contributed by atoms with Crippen molar-refractivity contribution in [3.63, 3.8) is 0 Å².